The monoisotopic (exact) mass is 403 g/mol. The summed E-state index contributed by atoms with van der Waals surface area (Å²) in [5.41, 5.74) is 1.99. The molecule has 2 heterocycles. The lowest BCUT2D eigenvalue weighted by Gasteiger charge is -2.33. The Hall–Kier alpha value is -2.61. The van der Waals surface area contributed by atoms with Gasteiger partial charge in [-0.25, -0.2) is 18.2 Å². The topological polar surface area (TPSA) is 99.6 Å². The minimum Gasteiger partial charge on any atom is -0.478 e. The molecule has 1 aliphatic heterocycles. The predicted octanol–water partition coefficient (Wildman–Crippen LogP) is 3.43. The standard InChI is InChI=1S/C20H25N3O4S/c1-13-5-4-8-23(12-13)19-18(10-16(11-21-19)20(24)25)22-28(26,27)17-7-6-14(2)15(3)9-17/h6-7,9-11,13,22H,4-5,8,12H2,1-3H3,(H,24,25)/t13-/m0/s1. The molecule has 0 radical (unpaired) electrons. The zero-order valence-electron chi connectivity index (χ0n) is 16.3. The van der Waals surface area contributed by atoms with E-state index >= 15 is 0 Å². The molecule has 0 aliphatic carbocycles. The summed E-state index contributed by atoms with van der Waals surface area (Å²) in [6, 6.07) is 6.24. The van der Waals surface area contributed by atoms with E-state index in [1.165, 1.54) is 12.3 Å². The zero-order valence-corrected chi connectivity index (χ0v) is 17.1. The third-order valence-corrected chi connectivity index (χ3v) is 6.47. The maximum absolute atomic E-state index is 12.9. The van der Waals surface area contributed by atoms with Crippen molar-refractivity contribution in [1.29, 1.82) is 0 Å². The predicted molar refractivity (Wildman–Crippen MR) is 109 cm³/mol. The largest absolute Gasteiger partial charge is 0.478 e. The van der Waals surface area contributed by atoms with Crippen molar-refractivity contribution in [1.82, 2.24) is 4.98 Å². The number of carbonyl (C=O) groups is 1. The van der Waals surface area contributed by atoms with Crippen molar-refractivity contribution in [3.05, 3.63) is 47.2 Å². The van der Waals surface area contributed by atoms with Crippen LogP contribution in [0.25, 0.3) is 0 Å². The van der Waals surface area contributed by atoms with Gasteiger partial charge in [0.15, 0.2) is 5.82 Å². The summed E-state index contributed by atoms with van der Waals surface area (Å²) in [6.07, 6.45) is 3.35. The van der Waals surface area contributed by atoms with Crippen molar-refractivity contribution in [2.45, 2.75) is 38.5 Å². The van der Waals surface area contributed by atoms with Crippen LogP contribution in [0.1, 0.15) is 41.3 Å². The van der Waals surface area contributed by atoms with Gasteiger partial charge in [0.25, 0.3) is 10.0 Å². The Bertz CT molecular complexity index is 1000. The number of benzene rings is 1. The maximum atomic E-state index is 12.9. The average molecular weight is 404 g/mol. The van der Waals surface area contributed by atoms with Gasteiger partial charge in [0, 0.05) is 19.3 Å². The number of carboxylic acids is 1. The highest BCUT2D eigenvalue weighted by atomic mass is 32.2. The van der Waals surface area contributed by atoms with Crippen LogP contribution in [-0.4, -0.2) is 37.6 Å². The van der Waals surface area contributed by atoms with Crippen molar-refractivity contribution in [3.63, 3.8) is 0 Å². The zero-order chi connectivity index (χ0) is 20.5. The molecule has 0 unspecified atom stereocenters. The summed E-state index contributed by atoms with van der Waals surface area (Å²) in [7, 11) is -3.88. The van der Waals surface area contributed by atoms with Gasteiger partial charge in [-0.05, 0) is 61.9 Å². The molecule has 28 heavy (non-hydrogen) atoms. The molecule has 1 aromatic heterocycles. The number of rotatable bonds is 5. The normalized spacial score (nSPS) is 17.4. The molecule has 1 aromatic carbocycles. The number of piperidine rings is 1. The second-order valence-corrected chi connectivity index (χ2v) is 9.13. The molecule has 0 bridgehead atoms. The third kappa shape index (κ3) is 4.27. The van der Waals surface area contributed by atoms with Gasteiger partial charge in [0.1, 0.15) is 0 Å². The second-order valence-electron chi connectivity index (χ2n) is 7.45. The van der Waals surface area contributed by atoms with Crippen LogP contribution in [-0.2, 0) is 10.0 Å². The first-order valence-electron chi connectivity index (χ1n) is 9.26. The number of aryl methyl sites for hydroxylation is 2. The minimum absolute atomic E-state index is 0.0633. The van der Waals surface area contributed by atoms with Gasteiger partial charge in [-0.15, -0.1) is 0 Å². The number of aromatic carboxylic acids is 1. The fourth-order valence-electron chi connectivity index (χ4n) is 3.37. The molecule has 8 heteroatoms. The number of anilines is 2. The lowest BCUT2D eigenvalue weighted by molar-refractivity contribution is 0.0696. The molecule has 150 valence electrons. The van der Waals surface area contributed by atoms with E-state index in [0.29, 0.717) is 11.7 Å². The lowest BCUT2D eigenvalue weighted by atomic mass is 10.0. The van der Waals surface area contributed by atoms with Crippen LogP contribution < -0.4 is 9.62 Å². The van der Waals surface area contributed by atoms with Crippen molar-refractivity contribution in [2.24, 2.45) is 5.92 Å². The Morgan fingerprint density at radius 3 is 2.64 bits per heavy atom. The number of nitrogens with one attached hydrogen (secondary N) is 1. The first-order chi connectivity index (χ1) is 13.2. The minimum atomic E-state index is -3.88. The molecule has 2 aromatic rings. The highest BCUT2D eigenvalue weighted by Gasteiger charge is 2.24. The number of sulfonamides is 1. The number of carboxylic acid groups (broad SMARTS) is 1. The van der Waals surface area contributed by atoms with Crippen LogP contribution in [0.2, 0.25) is 0 Å². The number of hydrogen-bond donors (Lipinski definition) is 2. The molecule has 1 aliphatic rings. The summed E-state index contributed by atoms with van der Waals surface area (Å²) in [6.45, 7) is 7.40. The van der Waals surface area contributed by atoms with Crippen LogP contribution in [0.4, 0.5) is 11.5 Å². The summed E-state index contributed by atoms with van der Waals surface area (Å²) in [4.78, 5) is 17.8. The van der Waals surface area contributed by atoms with E-state index in [1.807, 2.05) is 18.7 Å². The van der Waals surface area contributed by atoms with Gasteiger partial charge in [0.05, 0.1) is 16.1 Å². The van der Waals surface area contributed by atoms with E-state index in [-0.39, 0.29) is 16.1 Å². The molecule has 0 amide bonds. The summed E-state index contributed by atoms with van der Waals surface area (Å²) in [5, 5.41) is 9.30. The van der Waals surface area contributed by atoms with Crippen LogP contribution in [0.3, 0.4) is 0 Å². The Balaban J connectivity index is 2.01. The molecule has 3 rings (SSSR count). The highest BCUT2D eigenvalue weighted by Crippen LogP contribution is 2.30. The Morgan fingerprint density at radius 1 is 1.25 bits per heavy atom. The summed E-state index contributed by atoms with van der Waals surface area (Å²) >= 11 is 0. The SMILES string of the molecule is Cc1ccc(S(=O)(=O)Nc2cc(C(=O)O)cnc2N2CCC[C@H](C)C2)cc1C. The average Bonchev–Trinajstić information content (AvgIpc) is 2.63. The highest BCUT2D eigenvalue weighted by molar-refractivity contribution is 7.92. The van der Waals surface area contributed by atoms with E-state index in [0.717, 1.165) is 37.1 Å². The van der Waals surface area contributed by atoms with E-state index in [4.69, 9.17) is 0 Å². The summed E-state index contributed by atoms with van der Waals surface area (Å²) in [5.74, 6) is -0.236. The molecule has 0 spiro atoms. The van der Waals surface area contributed by atoms with Crippen LogP contribution in [0.15, 0.2) is 35.4 Å². The van der Waals surface area contributed by atoms with Crippen LogP contribution in [0.5, 0.6) is 0 Å². The molecule has 1 atom stereocenters. The van der Waals surface area contributed by atoms with Crippen LogP contribution >= 0.6 is 0 Å². The molecule has 1 fully saturated rings. The molecule has 2 N–H and O–H groups in total. The molecular formula is C20H25N3O4S. The number of aromatic nitrogens is 1. The van der Waals surface area contributed by atoms with Crippen molar-refractivity contribution >= 4 is 27.5 Å². The Kier molecular flexibility index (Phi) is 5.60. The number of hydrogen-bond acceptors (Lipinski definition) is 5. The van der Waals surface area contributed by atoms with Crippen LogP contribution in [0, 0.1) is 19.8 Å². The van der Waals surface area contributed by atoms with Gasteiger partial charge in [-0.3, -0.25) is 4.72 Å². The van der Waals surface area contributed by atoms with E-state index in [1.54, 1.807) is 18.2 Å². The Labute approximate surface area is 165 Å². The fourth-order valence-corrected chi connectivity index (χ4v) is 4.50. The van der Waals surface area contributed by atoms with Gasteiger partial charge < -0.3 is 10.0 Å². The van der Waals surface area contributed by atoms with E-state index in [9.17, 15) is 18.3 Å². The quantitative estimate of drug-likeness (QED) is 0.793. The first-order valence-corrected chi connectivity index (χ1v) is 10.7. The maximum Gasteiger partial charge on any atom is 0.337 e. The Morgan fingerprint density at radius 2 is 2.00 bits per heavy atom. The fraction of sp³-hybridized carbons (Fsp3) is 0.400. The van der Waals surface area contributed by atoms with E-state index < -0.39 is 16.0 Å². The van der Waals surface area contributed by atoms with Crippen molar-refractivity contribution < 1.29 is 18.3 Å². The molecular weight excluding hydrogens is 378 g/mol. The number of pyridine rings is 1. The third-order valence-electron chi connectivity index (χ3n) is 5.10. The smallest absolute Gasteiger partial charge is 0.337 e. The lowest BCUT2D eigenvalue weighted by Crippen LogP contribution is -2.35. The first kappa shape index (κ1) is 20.1. The van der Waals surface area contributed by atoms with Crippen molar-refractivity contribution in [2.75, 3.05) is 22.7 Å². The van der Waals surface area contributed by atoms with Gasteiger partial charge in [0.2, 0.25) is 0 Å². The molecule has 1 saturated heterocycles. The van der Waals surface area contributed by atoms with E-state index in [2.05, 4.69) is 16.6 Å². The number of nitrogens with zero attached hydrogens (tertiary/aromatic N) is 2. The molecule has 7 nitrogen and oxygen atoms in total. The summed E-state index contributed by atoms with van der Waals surface area (Å²) < 4.78 is 28.4. The van der Waals surface area contributed by atoms with Gasteiger partial charge in [-0.2, -0.15) is 0 Å². The van der Waals surface area contributed by atoms with Gasteiger partial charge >= 0.3 is 5.97 Å². The second kappa shape index (κ2) is 7.79. The van der Waals surface area contributed by atoms with Crippen molar-refractivity contribution in [3.8, 4) is 0 Å². The van der Waals surface area contributed by atoms with Gasteiger partial charge in [-0.1, -0.05) is 13.0 Å². The molecule has 0 saturated carbocycles.